The molecule has 0 radical (unpaired) electrons. The summed E-state index contributed by atoms with van der Waals surface area (Å²) in [6.07, 6.45) is 3.09. The number of methoxy groups -OCH3 is 1. The molecule has 0 saturated carbocycles. The second kappa shape index (κ2) is 6.74. The second-order valence-electron chi connectivity index (χ2n) is 4.93. The Morgan fingerprint density at radius 2 is 2.08 bits per heavy atom. The van der Waals surface area contributed by atoms with Gasteiger partial charge in [-0.3, -0.25) is 20.5 Å². The number of hydrazone groups is 1. The van der Waals surface area contributed by atoms with Gasteiger partial charge < -0.3 is 4.74 Å². The number of hydrogen-bond donors (Lipinski definition) is 1. The summed E-state index contributed by atoms with van der Waals surface area (Å²) in [7, 11) is 1.59. The smallest absolute Gasteiger partial charge is 0.278 e. The third kappa shape index (κ3) is 3.14. The summed E-state index contributed by atoms with van der Waals surface area (Å²) in [5.41, 5.74) is 4.85. The SMILES string of the molecule is COc1ccc2nccc(N/N=C/c3ccccc3[N+](=O)[O-])c2c1. The van der Waals surface area contributed by atoms with E-state index in [2.05, 4.69) is 15.5 Å². The molecule has 0 saturated heterocycles. The molecule has 0 amide bonds. The van der Waals surface area contributed by atoms with E-state index in [1.54, 1.807) is 37.6 Å². The predicted molar refractivity (Wildman–Crippen MR) is 92.6 cm³/mol. The molecule has 0 aliphatic rings. The van der Waals surface area contributed by atoms with Crippen molar-refractivity contribution in [2.24, 2.45) is 5.10 Å². The van der Waals surface area contributed by atoms with Gasteiger partial charge in [-0.05, 0) is 30.3 Å². The average molecular weight is 322 g/mol. The third-order valence-electron chi connectivity index (χ3n) is 3.47. The van der Waals surface area contributed by atoms with E-state index in [-0.39, 0.29) is 5.69 Å². The van der Waals surface area contributed by atoms with Gasteiger partial charge in [-0.2, -0.15) is 5.10 Å². The van der Waals surface area contributed by atoms with Crippen molar-refractivity contribution < 1.29 is 9.66 Å². The molecule has 1 heterocycles. The van der Waals surface area contributed by atoms with Gasteiger partial charge in [0.15, 0.2) is 0 Å². The van der Waals surface area contributed by atoms with E-state index in [1.165, 1.54) is 12.3 Å². The topological polar surface area (TPSA) is 89.7 Å². The van der Waals surface area contributed by atoms with Crippen LogP contribution in [0.4, 0.5) is 11.4 Å². The van der Waals surface area contributed by atoms with Crippen molar-refractivity contribution in [1.82, 2.24) is 4.98 Å². The fourth-order valence-electron chi connectivity index (χ4n) is 2.28. The first-order chi connectivity index (χ1) is 11.7. The Balaban J connectivity index is 1.90. The number of nitro groups is 1. The Morgan fingerprint density at radius 1 is 1.25 bits per heavy atom. The third-order valence-corrected chi connectivity index (χ3v) is 3.47. The number of rotatable bonds is 5. The van der Waals surface area contributed by atoms with Gasteiger partial charge in [-0.1, -0.05) is 12.1 Å². The number of fused-ring (bicyclic) bond motifs is 1. The van der Waals surface area contributed by atoms with Gasteiger partial charge in [0.2, 0.25) is 0 Å². The van der Waals surface area contributed by atoms with E-state index in [9.17, 15) is 10.1 Å². The minimum Gasteiger partial charge on any atom is -0.497 e. The van der Waals surface area contributed by atoms with Crippen LogP contribution in [0.2, 0.25) is 0 Å². The summed E-state index contributed by atoms with van der Waals surface area (Å²) < 4.78 is 5.22. The summed E-state index contributed by atoms with van der Waals surface area (Å²) in [5.74, 6) is 0.709. The molecule has 0 unspecified atom stereocenters. The van der Waals surface area contributed by atoms with Crippen LogP contribution in [-0.4, -0.2) is 23.2 Å². The first-order valence-electron chi connectivity index (χ1n) is 7.14. The van der Waals surface area contributed by atoms with Crippen LogP contribution in [0, 0.1) is 10.1 Å². The molecule has 1 N–H and O–H groups in total. The lowest BCUT2D eigenvalue weighted by Crippen LogP contribution is -1.97. The first kappa shape index (κ1) is 15.4. The minimum atomic E-state index is -0.436. The van der Waals surface area contributed by atoms with Crippen molar-refractivity contribution in [2.75, 3.05) is 12.5 Å². The summed E-state index contributed by atoms with van der Waals surface area (Å²) >= 11 is 0. The monoisotopic (exact) mass is 322 g/mol. The predicted octanol–water partition coefficient (Wildman–Crippen LogP) is 3.60. The Labute approximate surface area is 137 Å². The fourth-order valence-corrected chi connectivity index (χ4v) is 2.28. The zero-order chi connectivity index (χ0) is 16.9. The van der Waals surface area contributed by atoms with Crippen LogP contribution in [0.5, 0.6) is 5.75 Å². The zero-order valence-corrected chi connectivity index (χ0v) is 12.8. The molecule has 0 bridgehead atoms. The number of nitrogens with one attached hydrogen (secondary N) is 1. The molecule has 24 heavy (non-hydrogen) atoms. The van der Waals surface area contributed by atoms with Crippen LogP contribution in [0.15, 0.2) is 59.8 Å². The Bertz CT molecular complexity index is 925. The molecule has 3 aromatic rings. The minimum absolute atomic E-state index is 0.00399. The molecule has 120 valence electrons. The van der Waals surface area contributed by atoms with E-state index >= 15 is 0 Å². The summed E-state index contributed by atoms with van der Waals surface area (Å²) in [4.78, 5) is 14.8. The normalized spacial score (nSPS) is 10.9. The number of aromatic nitrogens is 1. The van der Waals surface area contributed by atoms with Gasteiger partial charge >= 0.3 is 0 Å². The number of nitrogens with zero attached hydrogens (tertiary/aromatic N) is 3. The van der Waals surface area contributed by atoms with Crippen molar-refractivity contribution in [3.63, 3.8) is 0 Å². The Kier molecular flexibility index (Phi) is 4.33. The van der Waals surface area contributed by atoms with Crippen LogP contribution in [0.1, 0.15) is 5.56 Å². The van der Waals surface area contributed by atoms with E-state index in [0.717, 1.165) is 16.6 Å². The fraction of sp³-hybridized carbons (Fsp3) is 0.0588. The molecule has 7 heteroatoms. The molecule has 3 rings (SSSR count). The number of hydrogen-bond acceptors (Lipinski definition) is 6. The Hall–Kier alpha value is -3.48. The first-order valence-corrected chi connectivity index (χ1v) is 7.14. The number of pyridine rings is 1. The van der Waals surface area contributed by atoms with Crippen LogP contribution in [-0.2, 0) is 0 Å². The lowest BCUT2D eigenvalue weighted by molar-refractivity contribution is -0.385. The standard InChI is InChI=1S/C17H14N4O3/c1-24-13-6-7-15-14(10-13)16(8-9-18-15)20-19-11-12-4-2-3-5-17(12)21(22)23/h2-11H,1H3,(H,18,20)/b19-11+. The van der Waals surface area contributed by atoms with E-state index in [1.807, 2.05) is 18.2 Å². The average Bonchev–Trinajstić information content (AvgIpc) is 2.61. The molecule has 0 aliphatic carbocycles. The maximum Gasteiger partial charge on any atom is 0.278 e. The van der Waals surface area contributed by atoms with Gasteiger partial charge in [0.1, 0.15) is 5.75 Å². The highest BCUT2D eigenvalue weighted by atomic mass is 16.6. The quantitative estimate of drug-likeness (QED) is 0.440. The summed E-state index contributed by atoms with van der Waals surface area (Å²) in [5, 5.41) is 16.0. The molecule has 0 aliphatic heterocycles. The van der Waals surface area contributed by atoms with Crippen LogP contribution >= 0.6 is 0 Å². The van der Waals surface area contributed by atoms with Crippen LogP contribution < -0.4 is 10.2 Å². The van der Waals surface area contributed by atoms with Crippen molar-refractivity contribution in [2.45, 2.75) is 0 Å². The molecule has 1 aromatic heterocycles. The van der Waals surface area contributed by atoms with E-state index < -0.39 is 4.92 Å². The molecule has 0 spiro atoms. The molecular formula is C17H14N4O3. The van der Waals surface area contributed by atoms with Crippen LogP contribution in [0.3, 0.4) is 0 Å². The maximum absolute atomic E-state index is 11.0. The highest BCUT2D eigenvalue weighted by molar-refractivity contribution is 5.93. The summed E-state index contributed by atoms with van der Waals surface area (Å²) in [6.45, 7) is 0. The van der Waals surface area contributed by atoms with Gasteiger partial charge in [0.25, 0.3) is 5.69 Å². The number of ether oxygens (including phenoxy) is 1. The number of anilines is 1. The molecule has 0 fully saturated rings. The lowest BCUT2D eigenvalue weighted by atomic mass is 10.2. The number of benzene rings is 2. The largest absolute Gasteiger partial charge is 0.497 e. The number of para-hydroxylation sites is 1. The summed E-state index contributed by atoms with van der Waals surface area (Å²) in [6, 6.07) is 13.7. The second-order valence-corrected chi connectivity index (χ2v) is 4.93. The lowest BCUT2D eigenvalue weighted by Gasteiger charge is -2.07. The molecule has 0 atom stereocenters. The van der Waals surface area contributed by atoms with Gasteiger partial charge in [0, 0.05) is 17.6 Å². The highest BCUT2D eigenvalue weighted by Crippen LogP contribution is 2.26. The maximum atomic E-state index is 11.0. The van der Waals surface area contributed by atoms with E-state index in [0.29, 0.717) is 11.3 Å². The van der Waals surface area contributed by atoms with E-state index in [4.69, 9.17) is 4.74 Å². The number of nitro benzene ring substituents is 1. The van der Waals surface area contributed by atoms with Crippen molar-refractivity contribution >= 4 is 28.5 Å². The van der Waals surface area contributed by atoms with Crippen LogP contribution in [0.25, 0.3) is 10.9 Å². The van der Waals surface area contributed by atoms with Gasteiger partial charge in [-0.25, -0.2) is 0 Å². The van der Waals surface area contributed by atoms with Gasteiger partial charge in [-0.15, -0.1) is 0 Å². The molecular weight excluding hydrogens is 308 g/mol. The van der Waals surface area contributed by atoms with Crippen molar-refractivity contribution in [3.05, 3.63) is 70.4 Å². The zero-order valence-electron chi connectivity index (χ0n) is 12.8. The molecule has 7 nitrogen and oxygen atoms in total. The van der Waals surface area contributed by atoms with Crippen molar-refractivity contribution in [1.29, 1.82) is 0 Å². The van der Waals surface area contributed by atoms with Crippen molar-refractivity contribution in [3.8, 4) is 5.75 Å². The highest BCUT2D eigenvalue weighted by Gasteiger charge is 2.10. The Morgan fingerprint density at radius 3 is 2.88 bits per heavy atom. The van der Waals surface area contributed by atoms with Gasteiger partial charge in [0.05, 0.1) is 35.0 Å². The molecule has 2 aromatic carbocycles.